The Bertz CT molecular complexity index is 379. The molecule has 19 heavy (non-hydrogen) atoms. The molecule has 2 N–H and O–H groups in total. The SMILES string of the molecule is CCCCN(CC1CCCN1)S(=O)(=O)NC(=O)OC. The van der Waals surface area contributed by atoms with Gasteiger partial charge in [-0.3, -0.25) is 0 Å². The van der Waals surface area contributed by atoms with Gasteiger partial charge in [0.25, 0.3) is 0 Å². The second-order valence-electron chi connectivity index (χ2n) is 4.60. The van der Waals surface area contributed by atoms with Crippen LogP contribution in [0.25, 0.3) is 0 Å². The van der Waals surface area contributed by atoms with E-state index in [9.17, 15) is 13.2 Å². The standard InChI is InChI=1S/C11H23N3O4S/c1-3-4-8-14(9-10-6-5-7-12-10)19(16,17)13-11(15)18-2/h10,12H,3-9H2,1-2H3,(H,13,15). The first-order chi connectivity index (χ1) is 8.99. The van der Waals surface area contributed by atoms with Crippen LogP contribution in [0.2, 0.25) is 0 Å². The average Bonchev–Trinajstić information content (AvgIpc) is 2.86. The minimum atomic E-state index is -3.82. The minimum absolute atomic E-state index is 0.158. The number of amides is 1. The van der Waals surface area contributed by atoms with E-state index in [1.54, 1.807) is 0 Å². The van der Waals surface area contributed by atoms with Crippen molar-refractivity contribution in [2.24, 2.45) is 0 Å². The second-order valence-corrected chi connectivity index (χ2v) is 6.27. The Hall–Kier alpha value is -0.860. The van der Waals surface area contributed by atoms with Crippen molar-refractivity contribution >= 4 is 16.3 Å². The second kappa shape index (κ2) is 7.66. The highest BCUT2D eigenvalue weighted by molar-refractivity contribution is 7.87. The molecule has 1 aliphatic heterocycles. The third-order valence-electron chi connectivity index (χ3n) is 3.09. The first-order valence-corrected chi connectivity index (χ1v) is 8.02. The zero-order valence-corrected chi connectivity index (χ0v) is 12.3. The van der Waals surface area contributed by atoms with Gasteiger partial charge in [0.2, 0.25) is 0 Å². The molecule has 1 rings (SSSR count). The van der Waals surface area contributed by atoms with Crippen molar-refractivity contribution in [3.63, 3.8) is 0 Å². The number of unbranched alkanes of at least 4 members (excludes halogenated alkanes) is 1. The Morgan fingerprint density at radius 3 is 2.79 bits per heavy atom. The first-order valence-electron chi connectivity index (χ1n) is 6.58. The molecule has 112 valence electrons. The zero-order valence-electron chi connectivity index (χ0n) is 11.5. The van der Waals surface area contributed by atoms with E-state index < -0.39 is 16.3 Å². The minimum Gasteiger partial charge on any atom is -0.452 e. The van der Waals surface area contributed by atoms with Crippen molar-refractivity contribution in [1.29, 1.82) is 0 Å². The van der Waals surface area contributed by atoms with Crippen LogP contribution >= 0.6 is 0 Å². The lowest BCUT2D eigenvalue weighted by Crippen LogP contribution is -2.48. The van der Waals surface area contributed by atoms with Crippen molar-refractivity contribution in [1.82, 2.24) is 14.3 Å². The molecular formula is C11H23N3O4S. The maximum atomic E-state index is 12.1. The summed E-state index contributed by atoms with van der Waals surface area (Å²) in [6.45, 7) is 3.69. The van der Waals surface area contributed by atoms with Crippen LogP contribution in [0.1, 0.15) is 32.6 Å². The summed E-state index contributed by atoms with van der Waals surface area (Å²) >= 11 is 0. The third kappa shape index (κ3) is 5.33. The molecular weight excluding hydrogens is 270 g/mol. The molecule has 1 fully saturated rings. The maximum Gasteiger partial charge on any atom is 0.421 e. The largest absolute Gasteiger partial charge is 0.452 e. The fourth-order valence-corrected chi connectivity index (χ4v) is 3.18. The van der Waals surface area contributed by atoms with Crippen LogP contribution in [0.5, 0.6) is 0 Å². The summed E-state index contributed by atoms with van der Waals surface area (Å²) in [5.41, 5.74) is 0. The number of nitrogens with one attached hydrogen (secondary N) is 2. The highest BCUT2D eigenvalue weighted by Gasteiger charge is 2.28. The fourth-order valence-electron chi connectivity index (χ4n) is 2.01. The van der Waals surface area contributed by atoms with Crippen molar-refractivity contribution in [2.45, 2.75) is 38.6 Å². The molecule has 1 aliphatic rings. The van der Waals surface area contributed by atoms with Crippen LogP contribution in [-0.2, 0) is 14.9 Å². The molecule has 0 saturated carbocycles. The summed E-state index contributed by atoms with van der Waals surface area (Å²) in [5, 5.41) is 3.25. The summed E-state index contributed by atoms with van der Waals surface area (Å²) in [7, 11) is -2.69. The van der Waals surface area contributed by atoms with E-state index in [0.717, 1.165) is 39.3 Å². The molecule has 0 aromatic carbocycles. The molecule has 0 aromatic rings. The van der Waals surface area contributed by atoms with E-state index in [2.05, 4.69) is 10.1 Å². The van der Waals surface area contributed by atoms with Gasteiger partial charge in [-0.25, -0.2) is 9.52 Å². The Morgan fingerprint density at radius 2 is 2.26 bits per heavy atom. The molecule has 1 amide bonds. The van der Waals surface area contributed by atoms with Crippen molar-refractivity contribution in [3.8, 4) is 0 Å². The monoisotopic (exact) mass is 293 g/mol. The topological polar surface area (TPSA) is 87.7 Å². The summed E-state index contributed by atoms with van der Waals surface area (Å²) < 4.78 is 31.7. The van der Waals surface area contributed by atoms with Crippen LogP contribution in [0.4, 0.5) is 4.79 Å². The lowest BCUT2D eigenvalue weighted by atomic mass is 10.2. The lowest BCUT2D eigenvalue weighted by molar-refractivity contribution is 0.176. The normalized spacial score (nSPS) is 19.6. The van der Waals surface area contributed by atoms with E-state index in [4.69, 9.17) is 0 Å². The van der Waals surface area contributed by atoms with Crippen molar-refractivity contribution < 1.29 is 17.9 Å². The average molecular weight is 293 g/mol. The summed E-state index contributed by atoms with van der Waals surface area (Å²) in [5.74, 6) is 0. The number of nitrogens with zero attached hydrogens (tertiary/aromatic N) is 1. The van der Waals surface area contributed by atoms with Crippen LogP contribution in [-0.4, -0.2) is 51.6 Å². The number of hydrogen-bond donors (Lipinski definition) is 2. The molecule has 0 radical (unpaired) electrons. The van der Waals surface area contributed by atoms with Gasteiger partial charge in [0.05, 0.1) is 7.11 Å². The van der Waals surface area contributed by atoms with E-state index in [1.807, 2.05) is 11.6 Å². The van der Waals surface area contributed by atoms with Gasteiger partial charge in [-0.2, -0.15) is 12.7 Å². The molecule has 0 aliphatic carbocycles. The summed E-state index contributed by atoms with van der Waals surface area (Å²) in [6.07, 6.45) is 2.70. The highest BCUT2D eigenvalue weighted by Crippen LogP contribution is 2.10. The van der Waals surface area contributed by atoms with Crippen LogP contribution < -0.4 is 10.0 Å². The predicted molar refractivity (Wildman–Crippen MR) is 72.0 cm³/mol. The maximum absolute atomic E-state index is 12.1. The number of rotatable bonds is 7. The molecule has 0 spiro atoms. The van der Waals surface area contributed by atoms with Gasteiger partial charge in [-0.15, -0.1) is 0 Å². The Balaban J connectivity index is 2.67. The summed E-state index contributed by atoms with van der Waals surface area (Å²) in [6, 6.07) is 0.158. The molecule has 0 bridgehead atoms. The number of methoxy groups -OCH3 is 1. The van der Waals surface area contributed by atoms with Gasteiger partial charge < -0.3 is 10.1 Å². The van der Waals surface area contributed by atoms with Gasteiger partial charge in [0.1, 0.15) is 0 Å². The number of carbonyl (C=O) groups is 1. The highest BCUT2D eigenvalue weighted by atomic mass is 32.2. The van der Waals surface area contributed by atoms with E-state index >= 15 is 0 Å². The van der Waals surface area contributed by atoms with E-state index in [0.29, 0.717) is 13.1 Å². The zero-order chi connectivity index (χ0) is 14.3. The molecule has 1 heterocycles. The Labute approximate surface area is 114 Å². The van der Waals surface area contributed by atoms with Crippen LogP contribution in [0, 0.1) is 0 Å². The molecule has 1 unspecified atom stereocenters. The molecule has 1 saturated heterocycles. The molecule has 0 aromatic heterocycles. The van der Waals surface area contributed by atoms with Crippen molar-refractivity contribution in [3.05, 3.63) is 0 Å². The van der Waals surface area contributed by atoms with Gasteiger partial charge in [-0.1, -0.05) is 13.3 Å². The lowest BCUT2D eigenvalue weighted by Gasteiger charge is -2.24. The Kier molecular flexibility index (Phi) is 6.53. The predicted octanol–water partition coefficient (Wildman–Crippen LogP) is 0.441. The molecule has 7 nitrogen and oxygen atoms in total. The quantitative estimate of drug-likeness (QED) is 0.711. The van der Waals surface area contributed by atoms with Gasteiger partial charge in [-0.05, 0) is 25.8 Å². The molecule has 1 atom stereocenters. The smallest absolute Gasteiger partial charge is 0.421 e. The molecule has 8 heteroatoms. The van der Waals surface area contributed by atoms with Crippen molar-refractivity contribution in [2.75, 3.05) is 26.7 Å². The Morgan fingerprint density at radius 1 is 1.53 bits per heavy atom. The summed E-state index contributed by atoms with van der Waals surface area (Å²) in [4.78, 5) is 11.1. The van der Waals surface area contributed by atoms with Crippen LogP contribution in [0.15, 0.2) is 0 Å². The van der Waals surface area contributed by atoms with Gasteiger partial charge in [0.15, 0.2) is 0 Å². The first kappa shape index (κ1) is 16.2. The van der Waals surface area contributed by atoms with Gasteiger partial charge >= 0.3 is 16.3 Å². The number of ether oxygens (including phenoxy) is 1. The van der Waals surface area contributed by atoms with E-state index in [1.165, 1.54) is 4.31 Å². The fraction of sp³-hybridized carbons (Fsp3) is 0.909. The third-order valence-corrected chi connectivity index (χ3v) is 4.52. The number of carbonyl (C=O) groups excluding carboxylic acids is 1. The van der Waals surface area contributed by atoms with E-state index in [-0.39, 0.29) is 6.04 Å². The van der Waals surface area contributed by atoms with Gasteiger partial charge in [0, 0.05) is 19.1 Å². The van der Waals surface area contributed by atoms with Crippen LogP contribution in [0.3, 0.4) is 0 Å². The number of hydrogen-bond acceptors (Lipinski definition) is 5.